The van der Waals surface area contributed by atoms with Crippen molar-refractivity contribution in [3.8, 4) is 5.75 Å². The molecule has 0 aromatic heterocycles. The molecule has 5 heteroatoms. The van der Waals surface area contributed by atoms with Crippen LogP contribution in [0.1, 0.15) is 17.2 Å². The van der Waals surface area contributed by atoms with Crippen molar-refractivity contribution >= 4 is 23.2 Å². The van der Waals surface area contributed by atoms with E-state index < -0.39 is 0 Å². The van der Waals surface area contributed by atoms with Gasteiger partial charge in [0.25, 0.3) is 0 Å². The molecular weight excluding hydrogens is 283 g/mol. The largest absolute Gasteiger partial charge is 0.497 e. The van der Waals surface area contributed by atoms with Crippen LogP contribution in [0.15, 0.2) is 42.5 Å². The van der Waals surface area contributed by atoms with Crippen molar-refractivity contribution in [3.05, 3.63) is 63.6 Å². The Balaban J connectivity index is 2.44. The van der Waals surface area contributed by atoms with Gasteiger partial charge < -0.3 is 4.74 Å². The highest BCUT2D eigenvalue weighted by atomic mass is 35.5. The molecule has 0 bridgehead atoms. The zero-order chi connectivity index (χ0) is 13.8. The summed E-state index contributed by atoms with van der Waals surface area (Å²) in [6, 6.07) is 12.7. The van der Waals surface area contributed by atoms with Crippen LogP contribution in [0, 0.1) is 0 Å². The van der Waals surface area contributed by atoms with Crippen LogP contribution in [0.3, 0.4) is 0 Å². The number of nitrogens with two attached hydrogens (primary N) is 1. The van der Waals surface area contributed by atoms with E-state index in [0.717, 1.165) is 16.9 Å². The summed E-state index contributed by atoms with van der Waals surface area (Å²) in [5, 5.41) is 1.15. The molecule has 2 rings (SSSR count). The fourth-order valence-corrected chi connectivity index (χ4v) is 2.54. The number of benzene rings is 2. The molecular formula is C14H14Cl2N2O. The van der Waals surface area contributed by atoms with Crippen LogP contribution < -0.4 is 16.0 Å². The van der Waals surface area contributed by atoms with Crippen LogP contribution in [0.4, 0.5) is 0 Å². The van der Waals surface area contributed by atoms with Gasteiger partial charge in [0.1, 0.15) is 5.75 Å². The molecule has 2 aromatic rings. The predicted octanol–water partition coefficient (Wildman–Crippen LogP) is 3.55. The highest BCUT2D eigenvalue weighted by Crippen LogP contribution is 2.34. The summed E-state index contributed by atoms with van der Waals surface area (Å²) in [6.45, 7) is 0. The van der Waals surface area contributed by atoms with Gasteiger partial charge in [-0.3, -0.25) is 5.84 Å². The highest BCUT2D eigenvalue weighted by Gasteiger charge is 2.18. The van der Waals surface area contributed by atoms with E-state index in [1.165, 1.54) is 0 Å². The van der Waals surface area contributed by atoms with Crippen molar-refractivity contribution < 1.29 is 4.74 Å². The van der Waals surface area contributed by atoms with Crippen molar-refractivity contribution in [1.29, 1.82) is 0 Å². The lowest BCUT2D eigenvalue weighted by Crippen LogP contribution is -2.29. The Kier molecular flexibility index (Phi) is 4.66. The Morgan fingerprint density at radius 1 is 1.05 bits per heavy atom. The summed E-state index contributed by atoms with van der Waals surface area (Å²) < 4.78 is 5.13. The maximum atomic E-state index is 6.21. The van der Waals surface area contributed by atoms with Crippen LogP contribution in [-0.2, 0) is 0 Å². The van der Waals surface area contributed by atoms with E-state index in [-0.39, 0.29) is 6.04 Å². The van der Waals surface area contributed by atoms with Crippen molar-refractivity contribution in [2.45, 2.75) is 6.04 Å². The van der Waals surface area contributed by atoms with Gasteiger partial charge in [-0.2, -0.15) is 0 Å². The van der Waals surface area contributed by atoms with Gasteiger partial charge in [-0.05, 0) is 29.8 Å². The average molecular weight is 297 g/mol. The summed E-state index contributed by atoms with van der Waals surface area (Å²) in [5.74, 6) is 6.43. The molecule has 0 aliphatic rings. The number of methoxy groups -OCH3 is 1. The molecule has 3 nitrogen and oxygen atoms in total. The molecule has 3 N–H and O–H groups in total. The van der Waals surface area contributed by atoms with Gasteiger partial charge in [-0.1, -0.05) is 41.4 Å². The first-order chi connectivity index (χ1) is 9.17. The molecule has 0 radical (unpaired) electrons. The van der Waals surface area contributed by atoms with Crippen molar-refractivity contribution in [2.75, 3.05) is 7.11 Å². The smallest absolute Gasteiger partial charge is 0.118 e. The first-order valence-corrected chi connectivity index (χ1v) is 6.47. The van der Waals surface area contributed by atoms with Crippen LogP contribution in [0.25, 0.3) is 0 Å². The van der Waals surface area contributed by atoms with Crippen LogP contribution >= 0.6 is 23.2 Å². The zero-order valence-electron chi connectivity index (χ0n) is 10.4. The molecule has 19 heavy (non-hydrogen) atoms. The first-order valence-electron chi connectivity index (χ1n) is 5.71. The van der Waals surface area contributed by atoms with Gasteiger partial charge in [0.2, 0.25) is 0 Å². The molecule has 0 spiro atoms. The molecule has 0 saturated heterocycles. The van der Waals surface area contributed by atoms with Gasteiger partial charge in [0.05, 0.1) is 13.2 Å². The minimum atomic E-state index is -0.271. The number of halogens is 2. The molecule has 1 atom stereocenters. The van der Waals surface area contributed by atoms with E-state index >= 15 is 0 Å². The summed E-state index contributed by atoms with van der Waals surface area (Å²) in [6.07, 6.45) is 0. The average Bonchev–Trinajstić information content (AvgIpc) is 2.43. The maximum absolute atomic E-state index is 6.21. The minimum absolute atomic E-state index is 0.271. The molecule has 0 heterocycles. The number of rotatable bonds is 4. The van der Waals surface area contributed by atoms with E-state index in [4.69, 9.17) is 33.8 Å². The number of hydrazine groups is 1. The predicted molar refractivity (Wildman–Crippen MR) is 78.6 cm³/mol. The lowest BCUT2D eigenvalue weighted by Gasteiger charge is -2.19. The topological polar surface area (TPSA) is 47.3 Å². The third kappa shape index (κ3) is 3.01. The minimum Gasteiger partial charge on any atom is -0.497 e. The SMILES string of the molecule is COc1ccc(C(NN)c2c(Cl)cccc2Cl)cc1. The molecule has 2 aromatic carbocycles. The second-order valence-corrected chi connectivity index (χ2v) is 4.82. The molecule has 0 aliphatic heterocycles. The summed E-state index contributed by atoms with van der Waals surface area (Å²) in [4.78, 5) is 0. The number of hydrogen-bond acceptors (Lipinski definition) is 3. The zero-order valence-corrected chi connectivity index (χ0v) is 11.9. The van der Waals surface area contributed by atoms with Crippen molar-refractivity contribution in [3.63, 3.8) is 0 Å². The molecule has 100 valence electrons. The van der Waals surface area contributed by atoms with Gasteiger partial charge >= 0.3 is 0 Å². The molecule has 1 unspecified atom stereocenters. The van der Waals surface area contributed by atoms with Gasteiger partial charge in [-0.25, -0.2) is 5.43 Å². The van der Waals surface area contributed by atoms with E-state index in [1.807, 2.05) is 24.3 Å². The lowest BCUT2D eigenvalue weighted by atomic mass is 9.99. The summed E-state index contributed by atoms with van der Waals surface area (Å²) >= 11 is 12.4. The molecule has 0 fully saturated rings. The van der Waals surface area contributed by atoms with Gasteiger partial charge in [-0.15, -0.1) is 0 Å². The molecule has 0 aliphatic carbocycles. The van der Waals surface area contributed by atoms with Crippen LogP contribution in [0.5, 0.6) is 5.75 Å². The second-order valence-electron chi connectivity index (χ2n) is 4.01. The Morgan fingerprint density at radius 2 is 1.63 bits per heavy atom. The lowest BCUT2D eigenvalue weighted by molar-refractivity contribution is 0.414. The second kappa shape index (κ2) is 6.26. The third-order valence-electron chi connectivity index (χ3n) is 2.90. The van der Waals surface area contributed by atoms with E-state index in [1.54, 1.807) is 25.3 Å². The van der Waals surface area contributed by atoms with E-state index in [9.17, 15) is 0 Å². The molecule has 0 amide bonds. The number of nitrogens with one attached hydrogen (secondary N) is 1. The third-order valence-corrected chi connectivity index (χ3v) is 3.56. The Bertz CT molecular complexity index is 538. The van der Waals surface area contributed by atoms with Crippen molar-refractivity contribution in [1.82, 2.24) is 5.43 Å². The first kappa shape index (κ1) is 14.2. The van der Waals surface area contributed by atoms with Gasteiger partial charge in [0, 0.05) is 15.6 Å². The Labute approximate surface area is 122 Å². The number of hydrogen-bond donors (Lipinski definition) is 2. The van der Waals surface area contributed by atoms with Crippen LogP contribution in [-0.4, -0.2) is 7.11 Å². The fourth-order valence-electron chi connectivity index (χ4n) is 1.93. The Hall–Kier alpha value is -1.26. The standard InChI is InChI=1S/C14H14Cl2N2O/c1-19-10-7-5-9(6-8-10)14(18-17)13-11(15)3-2-4-12(13)16/h2-8,14,18H,17H2,1H3. The van der Waals surface area contributed by atoms with E-state index in [2.05, 4.69) is 5.43 Å². The van der Waals surface area contributed by atoms with E-state index in [0.29, 0.717) is 10.0 Å². The number of ether oxygens (including phenoxy) is 1. The Morgan fingerprint density at radius 3 is 2.11 bits per heavy atom. The summed E-state index contributed by atoms with van der Waals surface area (Å²) in [7, 11) is 1.62. The highest BCUT2D eigenvalue weighted by molar-refractivity contribution is 6.36. The quantitative estimate of drug-likeness (QED) is 0.670. The van der Waals surface area contributed by atoms with Crippen LogP contribution in [0.2, 0.25) is 10.0 Å². The normalized spacial score (nSPS) is 12.2. The fraction of sp³-hybridized carbons (Fsp3) is 0.143. The summed E-state index contributed by atoms with van der Waals surface area (Å²) in [5.41, 5.74) is 4.46. The monoisotopic (exact) mass is 296 g/mol. The maximum Gasteiger partial charge on any atom is 0.118 e. The molecule has 0 saturated carbocycles. The van der Waals surface area contributed by atoms with Gasteiger partial charge in [0.15, 0.2) is 0 Å². The van der Waals surface area contributed by atoms with Crippen molar-refractivity contribution in [2.24, 2.45) is 5.84 Å².